The summed E-state index contributed by atoms with van der Waals surface area (Å²) in [6.45, 7) is 10.5. The Labute approximate surface area is 241 Å². The van der Waals surface area contributed by atoms with E-state index in [9.17, 15) is 9.59 Å². The van der Waals surface area contributed by atoms with Crippen LogP contribution in [0.25, 0.3) is 22.2 Å². The number of nitrogens with zero attached hydrogens (tertiary/aromatic N) is 3. The summed E-state index contributed by atoms with van der Waals surface area (Å²) in [6.07, 6.45) is -0.436. The zero-order chi connectivity index (χ0) is 28.8. The highest BCUT2D eigenvalue weighted by Crippen LogP contribution is 2.30. The first kappa shape index (κ1) is 28.5. The molecule has 1 saturated heterocycles. The van der Waals surface area contributed by atoms with Gasteiger partial charge in [0.15, 0.2) is 11.8 Å². The van der Waals surface area contributed by atoms with Gasteiger partial charge in [-0.3, -0.25) is 4.90 Å². The normalized spacial score (nSPS) is 14.9. The lowest BCUT2D eigenvalue weighted by Crippen LogP contribution is -2.46. The standard InChI is InChI=1S/C33H39N3O5/c1-4-30(40-33(38)39-21-16-24(2)3)36-29-15-9-14-28(31(29)41-32(36)37)35-19-17-34(18-20-35)23-25-10-8-13-27(22-25)26-11-6-5-7-12-26/h5-15,22,24,30H,4,16-21,23H2,1-3H3. The minimum atomic E-state index is -0.811. The minimum Gasteiger partial charge on any atom is -0.434 e. The molecule has 4 aromatic rings. The van der Waals surface area contributed by atoms with Crippen LogP contribution in [0.15, 0.2) is 82.0 Å². The highest BCUT2D eigenvalue weighted by atomic mass is 16.7. The highest BCUT2D eigenvalue weighted by molar-refractivity contribution is 5.87. The predicted octanol–water partition coefficient (Wildman–Crippen LogP) is 6.69. The Morgan fingerprint density at radius 3 is 2.39 bits per heavy atom. The molecule has 8 heteroatoms. The molecule has 1 unspecified atom stereocenters. The fourth-order valence-corrected chi connectivity index (χ4v) is 5.29. The molecule has 8 nitrogen and oxygen atoms in total. The lowest BCUT2D eigenvalue weighted by atomic mass is 10.0. The number of para-hydroxylation sites is 1. The molecule has 1 aliphatic rings. The van der Waals surface area contributed by atoms with Crippen LogP contribution < -0.4 is 10.7 Å². The van der Waals surface area contributed by atoms with E-state index in [2.05, 4.69) is 72.2 Å². The monoisotopic (exact) mass is 557 g/mol. The number of carbonyl (C=O) groups is 1. The van der Waals surface area contributed by atoms with E-state index in [1.807, 2.05) is 31.2 Å². The molecule has 0 amide bonds. The van der Waals surface area contributed by atoms with Crippen LogP contribution in [0.1, 0.15) is 45.4 Å². The Morgan fingerprint density at radius 1 is 0.927 bits per heavy atom. The highest BCUT2D eigenvalue weighted by Gasteiger charge is 2.26. The Kier molecular flexibility index (Phi) is 9.09. The molecule has 0 spiro atoms. The van der Waals surface area contributed by atoms with Gasteiger partial charge in [0, 0.05) is 39.1 Å². The molecule has 3 aromatic carbocycles. The number of hydrogen-bond acceptors (Lipinski definition) is 7. The molecule has 1 aromatic heterocycles. The van der Waals surface area contributed by atoms with Gasteiger partial charge in [-0.2, -0.15) is 0 Å². The number of ether oxygens (including phenoxy) is 2. The van der Waals surface area contributed by atoms with Gasteiger partial charge >= 0.3 is 11.9 Å². The van der Waals surface area contributed by atoms with Crippen molar-refractivity contribution in [2.24, 2.45) is 5.92 Å². The van der Waals surface area contributed by atoms with Crippen molar-refractivity contribution < 1.29 is 18.7 Å². The van der Waals surface area contributed by atoms with Crippen LogP contribution in [-0.4, -0.2) is 48.4 Å². The molecule has 1 atom stereocenters. The minimum absolute atomic E-state index is 0.280. The number of fused-ring (bicyclic) bond motifs is 1. The Bertz CT molecular complexity index is 1500. The van der Waals surface area contributed by atoms with Gasteiger partial charge in [0.2, 0.25) is 0 Å². The van der Waals surface area contributed by atoms with E-state index in [1.165, 1.54) is 21.3 Å². The number of anilines is 1. The van der Waals surface area contributed by atoms with Crippen molar-refractivity contribution in [3.8, 4) is 11.1 Å². The third kappa shape index (κ3) is 6.82. The fraction of sp³-hybridized carbons (Fsp3) is 0.394. The van der Waals surface area contributed by atoms with Crippen LogP contribution in [0.4, 0.5) is 10.5 Å². The Balaban J connectivity index is 1.25. The third-order valence-electron chi connectivity index (χ3n) is 7.56. The second kappa shape index (κ2) is 13.1. The van der Waals surface area contributed by atoms with Crippen molar-refractivity contribution in [3.63, 3.8) is 0 Å². The summed E-state index contributed by atoms with van der Waals surface area (Å²) in [7, 11) is 0. The number of aromatic nitrogens is 1. The van der Waals surface area contributed by atoms with E-state index in [0.29, 0.717) is 23.4 Å². The van der Waals surface area contributed by atoms with Crippen molar-refractivity contribution in [2.75, 3.05) is 37.7 Å². The first-order valence-corrected chi connectivity index (χ1v) is 14.5. The zero-order valence-electron chi connectivity index (χ0n) is 24.1. The summed E-state index contributed by atoms with van der Waals surface area (Å²) in [5.41, 5.74) is 5.73. The average molecular weight is 558 g/mol. The molecule has 0 saturated carbocycles. The zero-order valence-corrected chi connectivity index (χ0v) is 24.1. The lowest BCUT2D eigenvalue weighted by molar-refractivity contribution is -0.00798. The number of benzene rings is 3. The summed E-state index contributed by atoms with van der Waals surface area (Å²) in [5, 5.41) is 0. The van der Waals surface area contributed by atoms with Gasteiger partial charge in [0.25, 0.3) is 0 Å². The van der Waals surface area contributed by atoms with Crippen molar-refractivity contribution in [1.29, 1.82) is 0 Å². The molecule has 0 radical (unpaired) electrons. The second-order valence-corrected chi connectivity index (χ2v) is 11.0. The van der Waals surface area contributed by atoms with E-state index in [1.54, 1.807) is 0 Å². The van der Waals surface area contributed by atoms with Crippen LogP contribution in [0, 0.1) is 5.92 Å². The van der Waals surface area contributed by atoms with Gasteiger partial charge in [0.1, 0.15) is 0 Å². The van der Waals surface area contributed by atoms with Crippen LogP contribution in [0.3, 0.4) is 0 Å². The van der Waals surface area contributed by atoms with E-state index in [-0.39, 0.29) is 6.61 Å². The topological polar surface area (TPSA) is 77.1 Å². The van der Waals surface area contributed by atoms with Gasteiger partial charge in [-0.05, 0) is 47.2 Å². The van der Waals surface area contributed by atoms with Crippen molar-refractivity contribution >= 4 is 22.9 Å². The molecule has 0 N–H and O–H groups in total. The molecule has 1 aliphatic heterocycles. The molecule has 5 rings (SSSR count). The van der Waals surface area contributed by atoms with Crippen molar-refractivity contribution in [1.82, 2.24) is 9.47 Å². The predicted molar refractivity (Wildman–Crippen MR) is 161 cm³/mol. The van der Waals surface area contributed by atoms with Crippen LogP contribution >= 0.6 is 0 Å². The summed E-state index contributed by atoms with van der Waals surface area (Å²) in [6, 6.07) is 24.9. The molecule has 41 heavy (non-hydrogen) atoms. The maximum absolute atomic E-state index is 13.0. The van der Waals surface area contributed by atoms with Crippen molar-refractivity contribution in [2.45, 2.75) is 46.4 Å². The number of rotatable bonds is 10. The fourth-order valence-electron chi connectivity index (χ4n) is 5.29. The third-order valence-corrected chi connectivity index (χ3v) is 7.56. The number of piperazine rings is 1. The SMILES string of the molecule is CCC(OC(=O)OCCC(C)C)n1c(=O)oc2c(N3CCN(Cc4cccc(-c5ccccc5)c4)CC3)cccc21. The quantitative estimate of drug-likeness (QED) is 0.201. The first-order chi connectivity index (χ1) is 19.9. The molecular formula is C33H39N3O5. The molecular weight excluding hydrogens is 518 g/mol. The lowest BCUT2D eigenvalue weighted by Gasteiger charge is -2.36. The molecule has 216 valence electrons. The van der Waals surface area contributed by atoms with E-state index in [0.717, 1.165) is 44.8 Å². The smallest absolute Gasteiger partial charge is 0.434 e. The van der Waals surface area contributed by atoms with E-state index in [4.69, 9.17) is 13.9 Å². The summed E-state index contributed by atoms with van der Waals surface area (Å²) >= 11 is 0. The summed E-state index contributed by atoms with van der Waals surface area (Å²) in [4.78, 5) is 30.0. The van der Waals surface area contributed by atoms with Crippen molar-refractivity contribution in [3.05, 3.63) is 88.9 Å². The number of hydrogen-bond donors (Lipinski definition) is 0. The molecule has 1 fully saturated rings. The number of oxazole rings is 1. The van der Waals surface area contributed by atoms with Crippen LogP contribution in [0.2, 0.25) is 0 Å². The van der Waals surface area contributed by atoms with E-state index >= 15 is 0 Å². The Hall–Kier alpha value is -4.04. The second-order valence-electron chi connectivity index (χ2n) is 11.0. The van der Waals surface area contributed by atoms with Gasteiger partial charge < -0.3 is 18.8 Å². The van der Waals surface area contributed by atoms with Gasteiger partial charge in [0.05, 0.1) is 17.8 Å². The first-order valence-electron chi connectivity index (χ1n) is 14.5. The van der Waals surface area contributed by atoms with Gasteiger partial charge in [-0.1, -0.05) is 75.4 Å². The summed E-state index contributed by atoms with van der Waals surface area (Å²) < 4.78 is 17.9. The Morgan fingerprint density at radius 2 is 1.66 bits per heavy atom. The summed E-state index contributed by atoms with van der Waals surface area (Å²) in [5.74, 6) is -0.137. The van der Waals surface area contributed by atoms with Gasteiger partial charge in [-0.15, -0.1) is 0 Å². The molecule has 2 heterocycles. The maximum atomic E-state index is 13.0. The van der Waals surface area contributed by atoms with E-state index < -0.39 is 18.1 Å². The van der Waals surface area contributed by atoms with Crippen LogP contribution in [-0.2, 0) is 16.0 Å². The molecule has 0 aliphatic carbocycles. The number of carbonyl (C=O) groups excluding carboxylic acids is 1. The largest absolute Gasteiger partial charge is 0.510 e. The maximum Gasteiger partial charge on any atom is 0.510 e. The van der Waals surface area contributed by atoms with Gasteiger partial charge in [-0.25, -0.2) is 14.2 Å². The van der Waals surface area contributed by atoms with Crippen LogP contribution in [0.5, 0.6) is 0 Å². The average Bonchev–Trinajstić information content (AvgIpc) is 3.32. The molecule has 0 bridgehead atoms.